The molecule has 0 radical (unpaired) electrons. The molecule has 2 unspecified atom stereocenters. The summed E-state index contributed by atoms with van der Waals surface area (Å²) < 4.78 is 13.8. The largest absolute Gasteiger partial charge is 0.241 e. The summed E-state index contributed by atoms with van der Waals surface area (Å²) >= 11 is 3.19. The number of rotatable bonds is 0. The van der Waals surface area contributed by atoms with Gasteiger partial charge in [0.15, 0.2) is 0 Å². The molecule has 0 aromatic rings. The van der Waals surface area contributed by atoms with Gasteiger partial charge in [-0.1, -0.05) is 15.9 Å². The van der Waals surface area contributed by atoms with Gasteiger partial charge in [-0.15, -0.1) is 0 Å². The van der Waals surface area contributed by atoms with Crippen LogP contribution in [0.2, 0.25) is 0 Å². The first-order valence-electron chi connectivity index (χ1n) is 3.20. The van der Waals surface area contributed by atoms with Crippen molar-refractivity contribution in [3.8, 4) is 6.07 Å². The smallest absolute Gasteiger partial charge is 0.140 e. The Bertz CT molecular complexity index is 264. The van der Waals surface area contributed by atoms with Gasteiger partial charge in [-0.3, -0.25) is 0 Å². The minimum atomic E-state index is -1.20. The van der Waals surface area contributed by atoms with Crippen molar-refractivity contribution in [1.29, 1.82) is 5.26 Å². The van der Waals surface area contributed by atoms with Crippen molar-refractivity contribution in [2.24, 2.45) is 5.41 Å². The number of allylic oxidation sites excluding steroid dienone is 4. The number of hydrogen-bond acceptors (Lipinski definition) is 1. The van der Waals surface area contributed by atoms with Crippen LogP contribution in [0, 0.1) is 16.7 Å². The van der Waals surface area contributed by atoms with Crippen LogP contribution in [0.4, 0.5) is 4.39 Å². The third kappa shape index (κ3) is 1.51. The van der Waals surface area contributed by atoms with Crippen LogP contribution in [0.1, 0.15) is 6.92 Å². The molecular formula is C8H7BrFN. The lowest BCUT2D eigenvalue weighted by atomic mass is 9.84. The van der Waals surface area contributed by atoms with Crippen LogP contribution in [0.5, 0.6) is 0 Å². The Balaban J connectivity index is 3.01. The monoisotopic (exact) mass is 215 g/mol. The standard InChI is InChI=1S/C8H7BrFN/c1-8(5-11)4-6(9)2-3-7(8)10/h2-4,7H,1H3. The van der Waals surface area contributed by atoms with E-state index >= 15 is 0 Å². The maximum Gasteiger partial charge on any atom is 0.140 e. The first-order valence-corrected chi connectivity index (χ1v) is 4.00. The zero-order valence-corrected chi connectivity index (χ0v) is 7.60. The van der Waals surface area contributed by atoms with Crippen LogP contribution in [-0.4, -0.2) is 6.17 Å². The summed E-state index contributed by atoms with van der Waals surface area (Å²) in [5, 5.41) is 8.65. The lowest BCUT2D eigenvalue weighted by molar-refractivity contribution is 0.275. The molecule has 0 amide bonds. The van der Waals surface area contributed by atoms with E-state index in [1.165, 1.54) is 6.08 Å². The Labute approximate surface area is 73.3 Å². The van der Waals surface area contributed by atoms with Crippen molar-refractivity contribution >= 4 is 15.9 Å². The summed E-state index contributed by atoms with van der Waals surface area (Å²) in [5.41, 5.74) is -1.01. The Morgan fingerprint density at radius 1 is 1.82 bits per heavy atom. The molecule has 1 aliphatic carbocycles. The summed E-state index contributed by atoms with van der Waals surface area (Å²) in [4.78, 5) is 0. The van der Waals surface area contributed by atoms with E-state index in [-0.39, 0.29) is 0 Å². The molecule has 0 N–H and O–H groups in total. The third-order valence-corrected chi connectivity index (χ3v) is 2.17. The molecule has 3 heteroatoms. The highest BCUT2D eigenvalue weighted by atomic mass is 79.9. The summed E-state index contributed by atoms with van der Waals surface area (Å²) in [5.74, 6) is 0. The SMILES string of the molecule is CC1(C#N)C=C(Br)C=CC1F. The van der Waals surface area contributed by atoms with Crippen LogP contribution in [0.15, 0.2) is 22.7 Å². The highest BCUT2D eigenvalue weighted by Gasteiger charge is 2.32. The van der Waals surface area contributed by atoms with Gasteiger partial charge in [0.25, 0.3) is 0 Å². The fraction of sp³-hybridized carbons (Fsp3) is 0.375. The van der Waals surface area contributed by atoms with E-state index < -0.39 is 11.6 Å². The fourth-order valence-electron chi connectivity index (χ4n) is 0.884. The quantitative estimate of drug-likeness (QED) is 0.610. The van der Waals surface area contributed by atoms with E-state index in [0.29, 0.717) is 0 Å². The molecule has 0 aliphatic heterocycles. The first-order chi connectivity index (χ1) is 5.08. The lowest BCUT2D eigenvalue weighted by Gasteiger charge is -2.22. The van der Waals surface area contributed by atoms with Gasteiger partial charge in [0.1, 0.15) is 11.6 Å². The van der Waals surface area contributed by atoms with E-state index in [0.717, 1.165) is 4.48 Å². The summed E-state index contributed by atoms with van der Waals surface area (Å²) in [6.45, 7) is 1.57. The number of hydrogen-bond donors (Lipinski definition) is 0. The number of halogens is 2. The second kappa shape index (κ2) is 2.78. The van der Waals surface area contributed by atoms with Crippen LogP contribution >= 0.6 is 15.9 Å². The van der Waals surface area contributed by atoms with Crippen molar-refractivity contribution in [1.82, 2.24) is 0 Å². The van der Waals surface area contributed by atoms with Gasteiger partial charge >= 0.3 is 0 Å². The highest BCUT2D eigenvalue weighted by Crippen LogP contribution is 2.33. The molecule has 0 aromatic heterocycles. The maximum absolute atomic E-state index is 13.0. The Kier molecular flexibility index (Phi) is 2.15. The Hall–Kier alpha value is -0.620. The van der Waals surface area contributed by atoms with Gasteiger partial charge in [0.05, 0.1) is 6.07 Å². The van der Waals surface area contributed by atoms with Gasteiger partial charge in [-0.2, -0.15) is 5.26 Å². The van der Waals surface area contributed by atoms with Gasteiger partial charge in [-0.05, 0) is 25.2 Å². The van der Waals surface area contributed by atoms with Crippen LogP contribution in [0.3, 0.4) is 0 Å². The molecule has 1 rings (SSSR count). The Morgan fingerprint density at radius 2 is 2.45 bits per heavy atom. The second-order valence-corrected chi connectivity index (χ2v) is 3.60. The van der Waals surface area contributed by atoms with E-state index in [9.17, 15) is 4.39 Å². The van der Waals surface area contributed by atoms with Gasteiger partial charge in [-0.25, -0.2) is 4.39 Å². The van der Waals surface area contributed by atoms with Crippen LogP contribution < -0.4 is 0 Å². The number of nitriles is 1. The zero-order chi connectivity index (χ0) is 8.48. The summed E-state index contributed by atoms with van der Waals surface area (Å²) in [7, 11) is 0. The third-order valence-electron chi connectivity index (χ3n) is 1.68. The summed E-state index contributed by atoms with van der Waals surface area (Å²) in [6.07, 6.45) is 3.38. The number of alkyl halides is 1. The summed E-state index contributed by atoms with van der Waals surface area (Å²) in [6, 6.07) is 1.93. The maximum atomic E-state index is 13.0. The van der Waals surface area contributed by atoms with Gasteiger partial charge in [0.2, 0.25) is 0 Å². The average molecular weight is 216 g/mol. The van der Waals surface area contributed by atoms with Crippen LogP contribution in [-0.2, 0) is 0 Å². The zero-order valence-electron chi connectivity index (χ0n) is 6.01. The average Bonchev–Trinajstić information content (AvgIpc) is 1.98. The predicted octanol–water partition coefficient (Wildman–Crippen LogP) is 2.70. The fourth-order valence-corrected chi connectivity index (χ4v) is 1.51. The molecule has 0 saturated carbocycles. The topological polar surface area (TPSA) is 23.8 Å². The van der Waals surface area contributed by atoms with Gasteiger partial charge < -0.3 is 0 Å². The molecule has 0 aromatic carbocycles. The molecule has 0 bridgehead atoms. The minimum absolute atomic E-state index is 0.760. The normalized spacial score (nSPS) is 36.2. The molecule has 0 saturated heterocycles. The van der Waals surface area contributed by atoms with Crippen molar-refractivity contribution < 1.29 is 4.39 Å². The molecule has 11 heavy (non-hydrogen) atoms. The molecule has 0 spiro atoms. The van der Waals surface area contributed by atoms with Crippen molar-refractivity contribution in [3.05, 3.63) is 22.7 Å². The number of nitrogens with zero attached hydrogens (tertiary/aromatic N) is 1. The van der Waals surface area contributed by atoms with E-state index in [2.05, 4.69) is 15.9 Å². The van der Waals surface area contributed by atoms with E-state index in [1.807, 2.05) is 6.07 Å². The molecule has 2 atom stereocenters. The van der Waals surface area contributed by atoms with E-state index in [4.69, 9.17) is 5.26 Å². The highest BCUT2D eigenvalue weighted by molar-refractivity contribution is 9.11. The minimum Gasteiger partial charge on any atom is -0.241 e. The Morgan fingerprint density at radius 3 is 2.91 bits per heavy atom. The van der Waals surface area contributed by atoms with Crippen molar-refractivity contribution in [2.45, 2.75) is 13.1 Å². The van der Waals surface area contributed by atoms with Gasteiger partial charge in [0, 0.05) is 4.48 Å². The molecular weight excluding hydrogens is 209 g/mol. The van der Waals surface area contributed by atoms with Crippen LogP contribution in [0.25, 0.3) is 0 Å². The van der Waals surface area contributed by atoms with Crippen molar-refractivity contribution in [3.63, 3.8) is 0 Å². The van der Waals surface area contributed by atoms with Crippen molar-refractivity contribution in [2.75, 3.05) is 0 Å². The molecule has 58 valence electrons. The molecule has 0 heterocycles. The predicted molar refractivity (Wildman–Crippen MR) is 44.8 cm³/mol. The molecule has 1 nitrogen and oxygen atoms in total. The lowest BCUT2D eigenvalue weighted by Crippen LogP contribution is -2.25. The van der Waals surface area contributed by atoms with E-state index in [1.54, 1.807) is 19.1 Å². The molecule has 1 aliphatic rings. The second-order valence-electron chi connectivity index (χ2n) is 2.68. The molecule has 0 fully saturated rings. The first kappa shape index (κ1) is 8.48.